The van der Waals surface area contributed by atoms with Gasteiger partial charge in [0.2, 0.25) is 5.91 Å². The first-order valence-corrected chi connectivity index (χ1v) is 10.6. The van der Waals surface area contributed by atoms with E-state index in [2.05, 4.69) is 10.3 Å². The lowest BCUT2D eigenvalue weighted by Crippen LogP contribution is -2.33. The SMILES string of the molecule is O=C(Cc1ccccc1)NC[C@H](c1cccnc1)S(=O)(=O)c1ccc(Cl)cc1. The van der Waals surface area contributed by atoms with Gasteiger partial charge in [-0.3, -0.25) is 9.78 Å². The number of hydrogen-bond acceptors (Lipinski definition) is 4. The Balaban J connectivity index is 1.82. The molecule has 3 aromatic rings. The van der Waals surface area contributed by atoms with Crippen LogP contribution in [0.5, 0.6) is 0 Å². The smallest absolute Gasteiger partial charge is 0.224 e. The molecular weight excluding hydrogens is 396 g/mol. The molecule has 0 aliphatic rings. The Morgan fingerprint density at radius 1 is 1.00 bits per heavy atom. The number of benzene rings is 2. The minimum atomic E-state index is -3.75. The third-order valence-corrected chi connectivity index (χ3v) is 6.63. The van der Waals surface area contributed by atoms with Crippen LogP contribution < -0.4 is 5.32 Å². The van der Waals surface area contributed by atoms with Gasteiger partial charge < -0.3 is 5.32 Å². The Hall–Kier alpha value is -2.70. The van der Waals surface area contributed by atoms with Gasteiger partial charge >= 0.3 is 0 Å². The van der Waals surface area contributed by atoms with E-state index in [-0.39, 0.29) is 23.8 Å². The van der Waals surface area contributed by atoms with Crippen molar-refractivity contribution in [3.05, 3.63) is 95.3 Å². The lowest BCUT2D eigenvalue weighted by atomic mass is 10.1. The maximum absolute atomic E-state index is 13.2. The van der Waals surface area contributed by atoms with Gasteiger partial charge in [0, 0.05) is 24.0 Å². The van der Waals surface area contributed by atoms with Crippen molar-refractivity contribution < 1.29 is 13.2 Å². The van der Waals surface area contributed by atoms with Gasteiger partial charge in [-0.1, -0.05) is 48.0 Å². The summed E-state index contributed by atoms with van der Waals surface area (Å²) in [5.41, 5.74) is 1.37. The lowest BCUT2D eigenvalue weighted by Gasteiger charge is -2.19. The molecule has 0 unspecified atom stereocenters. The van der Waals surface area contributed by atoms with Crippen LogP contribution in [-0.2, 0) is 21.1 Å². The van der Waals surface area contributed by atoms with Crippen molar-refractivity contribution in [3.8, 4) is 0 Å². The summed E-state index contributed by atoms with van der Waals surface area (Å²) in [6.45, 7) is -0.0533. The number of carbonyl (C=O) groups is 1. The van der Waals surface area contributed by atoms with Crippen LogP contribution in [-0.4, -0.2) is 25.9 Å². The third-order valence-electron chi connectivity index (χ3n) is 4.27. The molecule has 3 rings (SSSR count). The monoisotopic (exact) mass is 414 g/mol. The Morgan fingerprint density at radius 3 is 2.36 bits per heavy atom. The zero-order chi connectivity index (χ0) is 20.0. The third kappa shape index (κ3) is 4.97. The molecule has 1 atom stereocenters. The van der Waals surface area contributed by atoms with E-state index >= 15 is 0 Å². The van der Waals surface area contributed by atoms with E-state index in [1.54, 1.807) is 18.3 Å². The van der Waals surface area contributed by atoms with E-state index in [1.807, 2.05) is 30.3 Å². The highest BCUT2D eigenvalue weighted by Crippen LogP contribution is 2.28. The van der Waals surface area contributed by atoms with Crippen LogP contribution in [0.15, 0.2) is 84.0 Å². The minimum Gasteiger partial charge on any atom is -0.354 e. The molecule has 7 heteroatoms. The molecule has 1 amide bonds. The number of hydrogen-bond donors (Lipinski definition) is 1. The van der Waals surface area contributed by atoms with Gasteiger partial charge in [-0.15, -0.1) is 0 Å². The molecule has 0 aliphatic heterocycles. The van der Waals surface area contributed by atoms with Crippen LogP contribution in [0.4, 0.5) is 0 Å². The molecule has 2 aromatic carbocycles. The van der Waals surface area contributed by atoms with Crippen LogP contribution in [0.3, 0.4) is 0 Å². The predicted octanol–water partition coefficient (Wildman–Crippen LogP) is 3.61. The average molecular weight is 415 g/mol. The summed E-state index contributed by atoms with van der Waals surface area (Å²) < 4.78 is 26.4. The number of amides is 1. The molecular formula is C21H19ClN2O3S. The molecule has 1 N–H and O–H groups in total. The van der Waals surface area contributed by atoms with E-state index in [0.29, 0.717) is 10.6 Å². The van der Waals surface area contributed by atoms with Crippen molar-refractivity contribution in [3.63, 3.8) is 0 Å². The second kappa shape index (κ2) is 8.99. The summed E-state index contributed by atoms with van der Waals surface area (Å²) in [5.74, 6) is -0.244. The largest absolute Gasteiger partial charge is 0.354 e. The lowest BCUT2D eigenvalue weighted by molar-refractivity contribution is -0.120. The molecule has 0 bridgehead atoms. The van der Waals surface area contributed by atoms with Gasteiger partial charge in [0.05, 0.1) is 11.3 Å². The second-order valence-corrected chi connectivity index (χ2v) is 8.81. The van der Waals surface area contributed by atoms with E-state index in [1.165, 1.54) is 30.5 Å². The van der Waals surface area contributed by atoms with Crippen molar-refractivity contribution in [1.82, 2.24) is 10.3 Å². The van der Waals surface area contributed by atoms with E-state index in [4.69, 9.17) is 11.6 Å². The number of rotatable bonds is 7. The molecule has 1 aromatic heterocycles. The predicted molar refractivity (Wildman–Crippen MR) is 109 cm³/mol. The molecule has 0 saturated heterocycles. The topological polar surface area (TPSA) is 76.1 Å². The molecule has 1 heterocycles. The van der Waals surface area contributed by atoms with E-state index in [9.17, 15) is 13.2 Å². The van der Waals surface area contributed by atoms with Crippen molar-refractivity contribution in [2.75, 3.05) is 6.54 Å². The molecule has 28 heavy (non-hydrogen) atoms. The summed E-state index contributed by atoms with van der Waals surface area (Å²) in [4.78, 5) is 16.5. The number of sulfone groups is 1. The zero-order valence-electron chi connectivity index (χ0n) is 15.0. The van der Waals surface area contributed by atoms with Gasteiger partial charge in [0.1, 0.15) is 5.25 Å². The fourth-order valence-corrected chi connectivity index (χ4v) is 4.58. The number of nitrogens with zero attached hydrogens (tertiary/aromatic N) is 1. The highest BCUT2D eigenvalue weighted by Gasteiger charge is 2.29. The molecule has 0 aliphatic carbocycles. The first kappa shape index (κ1) is 20.0. The normalized spacial score (nSPS) is 12.3. The van der Waals surface area contributed by atoms with Crippen molar-refractivity contribution in [2.24, 2.45) is 0 Å². The van der Waals surface area contributed by atoms with Gasteiger partial charge in [-0.25, -0.2) is 8.42 Å². The average Bonchev–Trinajstić information content (AvgIpc) is 2.70. The fraction of sp³-hybridized carbons (Fsp3) is 0.143. The number of carbonyl (C=O) groups excluding carboxylic acids is 1. The highest BCUT2D eigenvalue weighted by molar-refractivity contribution is 7.91. The molecule has 0 radical (unpaired) electrons. The first-order valence-electron chi connectivity index (χ1n) is 8.67. The molecule has 144 valence electrons. The molecule has 0 spiro atoms. The van der Waals surface area contributed by atoms with Gasteiger partial charge in [0.15, 0.2) is 9.84 Å². The van der Waals surface area contributed by atoms with Crippen molar-refractivity contribution in [2.45, 2.75) is 16.6 Å². The van der Waals surface area contributed by atoms with Crippen LogP contribution in [0.1, 0.15) is 16.4 Å². The summed E-state index contributed by atoms with van der Waals surface area (Å²) >= 11 is 5.88. The van der Waals surface area contributed by atoms with E-state index < -0.39 is 15.1 Å². The summed E-state index contributed by atoms with van der Waals surface area (Å²) in [7, 11) is -3.75. The van der Waals surface area contributed by atoms with E-state index in [0.717, 1.165) is 5.56 Å². The Morgan fingerprint density at radius 2 is 1.71 bits per heavy atom. The second-order valence-electron chi connectivity index (χ2n) is 6.24. The summed E-state index contributed by atoms with van der Waals surface area (Å²) in [6.07, 6.45) is 3.26. The number of nitrogens with one attached hydrogen (secondary N) is 1. The van der Waals surface area contributed by atoms with Gasteiger partial charge in [-0.05, 0) is 41.5 Å². The Bertz CT molecular complexity index is 1020. The standard InChI is InChI=1S/C21H19ClN2O3S/c22-18-8-10-19(11-9-18)28(26,27)20(17-7-4-12-23-14-17)15-24-21(25)13-16-5-2-1-3-6-16/h1-12,14,20H,13,15H2,(H,24,25)/t20-/m1/s1. The highest BCUT2D eigenvalue weighted by atomic mass is 35.5. The maximum atomic E-state index is 13.2. The van der Waals surface area contributed by atoms with Crippen LogP contribution >= 0.6 is 11.6 Å². The molecule has 0 fully saturated rings. The van der Waals surface area contributed by atoms with Gasteiger partial charge in [0.25, 0.3) is 0 Å². The summed E-state index contributed by atoms with van der Waals surface area (Å²) in [5, 5.41) is 2.24. The quantitative estimate of drug-likeness (QED) is 0.640. The zero-order valence-corrected chi connectivity index (χ0v) is 16.5. The number of aromatic nitrogens is 1. The van der Waals surface area contributed by atoms with Gasteiger partial charge in [-0.2, -0.15) is 0 Å². The number of pyridine rings is 1. The van der Waals surface area contributed by atoms with Crippen LogP contribution in [0.2, 0.25) is 5.02 Å². The van der Waals surface area contributed by atoms with Crippen molar-refractivity contribution >= 4 is 27.3 Å². The number of halogens is 1. The summed E-state index contributed by atoms with van der Waals surface area (Å²) in [6, 6.07) is 18.6. The van der Waals surface area contributed by atoms with Crippen LogP contribution in [0.25, 0.3) is 0 Å². The maximum Gasteiger partial charge on any atom is 0.224 e. The van der Waals surface area contributed by atoms with Crippen molar-refractivity contribution in [1.29, 1.82) is 0 Å². The van der Waals surface area contributed by atoms with Crippen LogP contribution in [0, 0.1) is 0 Å². The molecule has 0 saturated carbocycles. The first-order chi connectivity index (χ1) is 13.5. The Kier molecular flexibility index (Phi) is 6.44. The minimum absolute atomic E-state index is 0.0533. The fourth-order valence-electron chi connectivity index (χ4n) is 2.81. The Labute approximate surface area is 169 Å². The molecule has 5 nitrogen and oxygen atoms in total.